The van der Waals surface area contributed by atoms with E-state index in [4.69, 9.17) is 4.52 Å². The van der Waals surface area contributed by atoms with Crippen LogP contribution in [-0.4, -0.2) is 16.0 Å². The minimum Gasteiger partial charge on any atom is -0.349 e. The first-order valence-corrected chi connectivity index (χ1v) is 6.04. The predicted molar refractivity (Wildman–Crippen MR) is 66.4 cm³/mol. The smallest absolute Gasteiger partial charge is 0.257 e. The number of rotatable bonds is 5. The molecular weight excluding hydrogens is 249 g/mol. The molecule has 0 spiro atoms. The number of hydrogen-bond acceptors (Lipinski definition) is 4. The summed E-state index contributed by atoms with van der Waals surface area (Å²) in [5.41, 5.74) is 0.639. The average molecular weight is 263 g/mol. The first-order valence-electron chi connectivity index (χ1n) is 6.04. The Morgan fingerprint density at radius 1 is 1.37 bits per heavy atom. The largest absolute Gasteiger partial charge is 0.349 e. The van der Waals surface area contributed by atoms with Crippen molar-refractivity contribution in [2.75, 3.05) is 0 Å². The normalized spacial score (nSPS) is 10.4. The topological polar surface area (TPSA) is 68.0 Å². The summed E-state index contributed by atoms with van der Waals surface area (Å²) in [5, 5.41) is 6.44. The molecule has 0 aliphatic heterocycles. The number of nitrogens with zero attached hydrogens (tertiary/aromatic N) is 2. The fourth-order valence-corrected chi connectivity index (χ4v) is 1.53. The number of nitrogens with one attached hydrogen (secondary N) is 1. The van der Waals surface area contributed by atoms with Crippen molar-refractivity contribution in [2.24, 2.45) is 0 Å². The van der Waals surface area contributed by atoms with Crippen LogP contribution in [-0.2, 0) is 11.3 Å². The molecule has 2 rings (SSSR count). The number of aromatic nitrogens is 2. The van der Waals surface area contributed by atoms with E-state index in [0.29, 0.717) is 23.7 Å². The average Bonchev–Trinajstić information content (AvgIpc) is 2.86. The van der Waals surface area contributed by atoms with Gasteiger partial charge in [0, 0.05) is 12.0 Å². The molecule has 1 aromatic carbocycles. The zero-order chi connectivity index (χ0) is 13.7. The molecule has 0 saturated heterocycles. The van der Waals surface area contributed by atoms with E-state index >= 15 is 0 Å². The van der Waals surface area contributed by atoms with Gasteiger partial charge in [0.05, 0.1) is 6.54 Å². The molecule has 6 heteroatoms. The number of amides is 1. The molecule has 19 heavy (non-hydrogen) atoms. The standard InChI is InChI=1S/C13H14FN3O2/c1-2-3-12(18)15-8-11-16-13(19-17-11)9-4-6-10(14)7-5-9/h4-7H,2-3,8H2,1H3,(H,15,18). The Balaban J connectivity index is 1.99. The second kappa shape index (κ2) is 6.08. The third kappa shape index (κ3) is 3.61. The maximum absolute atomic E-state index is 12.8. The van der Waals surface area contributed by atoms with Crippen LogP contribution in [0.5, 0.6) is 0 Å². The SMILES string of the molecule is CCCC(=O)NCc1noc(-c2ccc(F)cc2)n1. The highest BCUT2D eigenvalue weighted by Gasteiger charge is 2.09. The first-order chi connectivity index (χ1) is 9.19. The van der Waals surface area contributed by atoms with E-state index in [1.165, 1.54) is 12.1 Å². The Labute approximate surface area is 109 Å². The molecule has 0 aliphatic carbocycles. The van der Waals surface area contributed by atoms with Crippen LogP contribution in [0.25, 0.3) is 11.5 Å². The van der Waals surface area contributed by atoms with Crippen LogP contribution in [0.1, 0.15) is 25.6 Å². The fraction of sp³-hybridized carbons (Fsp3) is 0.308. The quantitative estimate of drug-likeness (QED) is 0.898. The molecule has 5 nitrogen and oxygen atoms in total. The summed E-state index contributed by atoms with van der Waals surface area (Å²) in [6.45, 7) is 2.16. The van der Waals surface area contributed by atoms with Gasteiger partial charge < -0.3 is 9.84 Å². The third-order valence-electron chi connectivity index (χ3n) is 2.48. The van der Waals surface area contributed by atoms with Gasteiger partial charge in [-0.2, -0.15) is 4.98 Å². The third-order valence-corrected chi connectivity index (χ3v) is 2.48. The molecule has 0 bridgehead atoms. The van der Waals surface area contributed by atoms with Gasteiger partial charge in [-0.3, -0.25) is 4.79 Å². The summed E-state index contributed by atoms with van der Waals surface area (Å²) in [6, 6.07) is 5.76. The predicted octanol–water partition coefficient (Wildman–Crippen LogP) is 2.29. The van der Waals surface area contributed by atoms with E-state index in [1.807, 2.05) is 6.92 Å². The maximum atomic E-state index is 12.8. The Kier molecular flexibility index (Phi) is 4.22. The summed E-state index contributed by atoms with van der Waals surface area (Å²) in [5.74, 6) is 0.328. The number of hydrogen-bond donors (Lipinski definition) is 1. The lowest BCUT2D eigenvalue weighted by atomic mass is 10.2. The number of halogens is 1. The van der Waals surface area contributed by atoms with Gasteiger partial charge in [0.25, 0.3) is 5.89 Å². The summed E-state index contributed by atoms with van der Waals surface area (Å²) < 4.78 is 17.8. The summed E-state index contributed by atoms with van der Waals surface area (Å²) in [4.78, 5) is 15.4. The van der Waals surface area contributed by atoms with Crippen LogP contribution in [0.2, 0.25) is 0 Å². The van der Waals surface area contributed by atoms with E-state index in [1.54, 1.807) is 12.1 Å². The minimum absolute atomic E-state index is 0.0457. The summed E-state index contributed by atoms with van der Waals surface area (Å²) in [7, 11) is 0. The van der Waals surface area contributed by atoms with Crippen molar-refractivity contribution >= 4 is 5.91 Å². The second-order valence-corrected chi connectivity index (χ2v) is 4.05. The number of carbonyl (C=O) groups excluding carboxylic acids is 1. The van der Waals surface area contributed by atoms with E-state index < -0.39 is 0 Å². The van der Waals surface area contributed by atoms with Crippen molar-refractivity contribution in [1.82, 2.24) is 15.5 Å². The molecule has 2 aromatic rings. The Morgan fingerprint density at radius 3 is 2.79 bits per heavy atom. The fourth-order valence-electron chi connectivity index (χ4n) is 1.53. The van der Waals surface area contributed by atoms with E-state index in [-0.39, 0.29) is 18.3 Å². The highest BCUT2D eigenvalue weighted by atomic mass is 19.1. The van der Waals surface area contributed by atoms with Gasteiger partial charge >= 0.3 is 0 Å². The van der Waals surface area contributed by atoms with Gasteiger partial charge in [-0.25, -0.2) is 4.39 Å². The van der Waals surface area contributed by atoms with Crippen LogP contribution < -0.4 is 5.32 Å². The maximum Gasteiger partial charge on any atom is 0.257 e. The number of carbonyl (C=O) groups is 1. The van der Waals surface area contributed by atoms with Crippen LogP contribution >= 0.6 is 0 Å². The summed E-state index contributed by atoms with van der Waals surface area (Å²) in [6.07, 6.45) is 1.27. The minimum atomic E-state index is -0.324. The zero-order valence-corrected chi connectivity index (χ0v) is 10.5. The number of benzene rings is 1. The van der Waals surface area contributed by atoms with Gasteiger partial charge in [0.2, 0.25) is 5.91 Å². The molecule has 0 radical (unpaired) electrons. The molecule has 1 N–H and O–H groups in total. The lowest BCUT2D eigenvalue weighted by Crippen LogP contribution is -2.22. The molecule has 0 fully saturated rings. The molecule has 100 valence electrons. The highest BCUT2D eigenvalue weighted by Crippen LogP contribution is 2.17. The first kappa shape index (κ1) is 13.2. The van der Waals surface area contributed by atoms with Crippen LogP contribution in [0, 0.1) is 5.82 Å². The Hall–Kier alpha value is -2.24. The lowest BCUT2D eigenvalue weighted by molar-refractivity contribution is -0.121. The van der Waals surface area contributed by atoms with Gasteiger partial charge in [0.15, 0.2) is 5.82 Å². The van der Waals surface area contributed by atoms with Crippen molar-refractivity contribution in [3.8, 4) is 11.5 Å². The van der Waals surface area contributed by atoms with Gasteiger partial charge in [0.1, 0.15) is 5.82 Å². The van der Waals surface area contributed by atoms with Crippen molar-refractivity contribution in [2.45, 2.75) is 26.3 Å². The van der Waals surface area contributed by atoms with Gasteiger partial charge in [-0.15, -0.1) is 0 Å². The Bertz CT molecular complexity index is 551. The zero-order valence-electron chi connectivity index (χ0n) is 10.5. The summed E-state index contributed by atoms with van der Waals surface area (Å²) >= 11 is 0. The molecule has 0 atom stereocenters. The molecule has 1 aromatic heterocycles. The molecule has 1 heterocycles. The van der Waals surface area contributed by atoms with Crippen molar-refractivity contribution in [1.29, 1.82) is 0 Å². The van der Waals surface area contributed by atoms with E-state index in [9.17, 15) is 9.18 Å². The van der Waals surface area contributed by atoms with Crippen molar-refractivity contribution in [3.63, 3.8) is 0 Å². The van der Waals surface area contributed by atoms with Crippen LogP contribution in [0.15, 0.2) is 28.8 Å². The molecule has 0 aliphatic rings. The Morgan fingerprint density at radius 2 is 2.11 bits per heavy atom. The molecule has 0 unspecified atom stereocenters. The second-order valence-electron chi connectivity index (χ2n) is 4.05. The van der Waals surface area contributed by atoms with Crippen LogP contribution in [0.3, 0.4) is 0 Å². The van der Waals surface area contributed by atoms with E-state index in [0.717, 1.165) is 6.42 Å². The van der Waals surface area contributed by atoms with Gasteiger partial charge in [-0.05, 0) is 30.7 Å². The monoisotopic (exact) mass is 263 g/mol. The molecule has 0 saturated carbocycles. The van der Waals surface area contributed by atoms with Crippen LogP contribution in [0.4, 0.5) is 4.39 Å². The van der Waals surface area contributed by atoms with E-state index in [2.05, 4.69) is 15.5 Å². The van der Waals surface area contributed by atoms with Crippen molar-refractivity contribution in [3.05, 3.63) is 35.9 Å². The lowest BCUT2D eigenvalue weighted by Gasteiger charge is -1.99. The van der Waals surface area contributed by atoms with Crippen molar-refractivity contribution < 1.29 is 13.7 Å². The van der Waals surface area contributed by atoms with Gasteiger partial charge in [-0.1, -0.05) is 12.1 Å². The molecule has 1 amide bonds. The highest BCUT2D eigenvalue weighted by molar-refractivity contribution is 5.75. The molecular formula is C13H14FN3O2.